The molecule has 2 atom stereocenters. The van der Waals surface area contributed by atoms with Crippen LogP contribution in [0.4, 0.5) is 27.3 Å². The van der Waals surface area contributed by atoms with E-state index in [4.69, 9.17) is 4.18 Å². The van der Waals surface area contributed by atoms with E-state index in [0.29, 0.717) is 17.1 Å². The van der Waals surface area contributed by atoms with Gasteiger partial charge in [-0.05, 0) is 47.0 Å². The molecular formula is C35H27FN8O2S. The van der Waals surface area contributed by atoms with E-state index in [-0.39, 0.29) is 17.9 Å². The van der Waals surface area contributed by atoms with Gasteiger partial charge in [0.2, 0.25) is 5.12 Å². The van der Waals surface area contributed by atoms with E-state index in [1.54, 1.807) is 24.8 Å². The normalized spacial score (nSPS) is 21.5. The van der Waals surface area contributed by atoms with E-state index in [1.165, 1.54) is 12.3 Å². The lowest BCUT2D eigenvalue weighted by Gasteiger charge is -2.45. The lowest BCUT2D eigenvalue weighted by atomic mass is 9.93. The predicted octanol–water partition coefficient (Wildman–Crippen LogP) is 6.59. The van der Waals surface area contributed by atoms with Gasteiger partial charge in [0, 0.05) is 69.0 Å². The maximum atomic E-state index is 14.0. The number of fused-ring (bicyclic) bond motifs is 3. The molecule has 0 radical (unpaired) electrons. The summed E-state index contributed by atoms with van der Waals surface area (Å²) in [6, 6.07) is 21.6. The molecule has 5 N–H and O–H groups in total. The first-order valence-electron chi connectivity index (χ1n) is 15.0. The minimum absolute atomic E-state index is 0.0517. The molecule has 2 unspecified atom stereocenters. The lowest BCUT2D eigenvalue weighted by Crippen LogP contribution is -2.37. The predicted molar refractivity (Wildman–Crippen MR) is 182 cm³/mol. The summed E-state index contributed by atoms with van der Waals surface area (Å²) in [5.74, 6) is 0.674. The van der Waals surface area contributed by atoms with Crippen molar-refractivity contribution in [2.24, 2.45) is 0 Å². The van der Waals surface area contributed by atoms with Gasteiger partial charge in [-0.1, -0.05) is 36.4 Å². The number of hydrogen-bond acceptors (Lipinski definition) is 10. The Balaban J connectivity index is 1.02. The third-order valence-electron chi connectivity index (χ3n) is 8.55. The third kappa shape index (κ3) is 4.85. The number of carbonyl (C=O) groups is 1. The second-order valence-corrected chi connectivity index (χ2v) is 14.1. The van der Waals surface area contributed by atoms with Gasteiger partial charge in [-0.2, -0.15) is 0 Å². The number of carbonyl (C=O) groups excluding carboxylic acids is 1. The van der Waals surface area contributed by atoms with Crippen LogP contribution in [-0.2, 0) is 14.7 Å². The quantitative estimate of drug-likeness (QED) is 0.124. The summed E-state index contributed by atoms with van der Waals surface area (Å²) in [7, 11) is -2.19. The first-order chi connectivity index (χ1) is 23.0. The van der Waals surface area contributed by atoms with Crippen molar-refractivity contribution in [3.8, 4) is 22.3 Å². The molecule has 0 spiro atoms. The van der Waals surface area contributed by atoms with Crippen molar-refractivity contribution < 1.29 is 13.4 Å². The summed E-state index contributed by atoms with van der Waals surface area (Å²) >= 11 is 0. The Labute approximate surface area is 270 Å². The zero-order valence-electron chi connectivity index (χ0n) is 24.8. The van der Waals surface area contributed by atoms with Crippen molar-refractivity contribution in [3.63, 3.8) is 0 Å². The molecule has 2 aromatic carbocycles. The number of nitrogens with zero attached hydrogens (tertiary/aromatic N) is 3. The number of hydrogen-bond donors (Lipinski definition) is 5. The maximum Gasteiger partial charge on any atom is 0.238 e. The number of anilines is 4. The molecule has 232 valence electrons. The number of rotatable bonds is 7. The Hall–Kier alpha value is -5.72. The van der Waals surface area contributed by atoms with Gasteiger partial charge in [-0.25, -0.2) is 9.37 Å². The van der Waals surface area contributed by atoms with E-state index in [1.807, 2.05) is 48.7 Å². The standard InChI is InChI=1S/C35H27FN8O2S/c36-24-10-23(13-37-14-24)26-15-38-16-29-33(26)40-17-28(41-29)32-25-11-21(6-7-27(25)42-35-34(32)43-35)22-8-9-39-30(12-22)44-47(31(45)18-46-47)19-20-4-2-1-3-5-20/h1-17,35,40-43H,18-19H2,(H,39,44). The summed E-state index contributed by atoms with van der Waals surface area (Å²) in [5.41, 5.74) is 11.0. The molecule has 12 heteroatoms. The molecule has 2 saturated heterocycles. The monoisotopic (exact) mass is 642 g/mol. The van der Waals surface area contributed by atoms with E-state index in [0.717, 1.165) is 61.8 Å². The highest BCUT2D eigenvalue weighted by Gasteiger charge is 2.43. The van der Waals surface area contributed by atoms with Crippen LogP contribution in [0.15, 0.2) is 115 Å². The van der Waals surface area contributed by atoms with Crippen LogP contribution in [-0.4, -0.2) is 32.8 Å². The van der Waals surface area contributed by atoms with E-state index >= 15 is 0 Å². The van der Waals surface area contributed by atoms with Gasteiger partial charge >= 0.3 is 0 Å². The van der Waals surface area contributed by atoms with Crippen LogP contribution in [0.25, 0.3) is 27.8 Å². The summed E-state index contributed by atoms with van der Waals surface area (Å²) in [6.07, 6.45) is 9.98. The van der Waals surface area contributed by atoms with Gasteiger partial charge in [0.15, 0.2) is 0 Å². The van der Waals surface area contributed by atoms with Crippen molar-refractivity contribution in [1.82, 2.24) is 20.3 Å². The Morgan fingerprint density at radius 1 is 0.894 bits per heavy atom. The number of halogens is 1. The third-order valence-corrected chi connectivity index (χ3v) is 11.2. The zero-order valence-corrected chi connectivity index (χ0v) is 25.6. The Kier molecular flexibility index (Phi) is 6.27. The number of nitrogens with one attached hydrogen (secondary N) is 5. The van der Waals surface area contributed by atoms with Crippen molar-refractivity contribution in [3.05, 3.63) is 132 Å². The minimum atomic E-state index is -2.19. The fourth-order valence-electron chi connectivity index (χ4n) is 6.17. The number of pyridine rings is 3. The van der Waals surface area contributed by atoms with Crippen LogP contribution in [0.2, 0.25) is 0 Å². The van der Waals surface area contributed by atoms with E-state index in [9.17, 15) is 9.18 Å². The van der Waals surface area contributed by atoms with Gasteiger partial charge in [-0.3, -0.25) is 14.8 Å². The van der Waals surface area contributed by atoms with Gasteiger partial charge in [0.05, 0.1) is 35.2 Å². The van der Waals surface area contributed by atoms with E-state index < -0.39 is 16.3 Å². The SMILES string of the molecule is O=C1COS1(Cc1ccccc1)Nc1cc(-c2ccc3c(c2)C(C2=CNc4c(cncc4-c4cncc(F)c4)N2)=C2NC2N3)ccn1. The Bertz CT molecular complexity index is 2170. The molecule has 9 rings (SSSR count). The van der Waals surface area contributed by atoms with Crippen molar-refractivity contribution in [2.45, 2.75) is 11.9 Å². The molecule has 0 amide bonds. The van der Waals surface area contributed by atoms with Crippen LogP contribution >= 0.6 is 10.5 Å². The number of aromatic nitrogens is 3. The lowest BCUT2D eigenvalue weighted by molar-refractivity contribution is -0.117. The molecular weight excluding hydrogens is 616 g/mol. The molecule has 10 nitrogen and oxygen atoms in total. The minimum Gasteiger partial charge on any atom is -0.360 e. The molecule has 2 fully saturated rings. The Morgan fingerprint density at radius 2 is 1.77 bits per heavy atom. The number of allylic oxidation sites excluding steroid dienone is 1. The molecule has 0 saturated carbocycles. The fraction of sp³-hybridized carbons (Fsp3) is 0.0857. The molecule has 4 aliphatic rings. The van der Waals surface area contributed by atoms with Crippen molar-refractivity contribution >= 4 is 44.1 Å². The van der Waals surface area contributed by atoms with Gasteiger partial charge in [-0.15, -0.1) is 0 Å². The zero-order chi connectivity index (χ0) is 31.5. The molecule has 4 aliphatic heterocycles. The first kappa shape index (κ1) is 27.6. The van der Waals surface area contributed by atoms with Crippen molar-refractivity contribution in [1.29, 1.82) is 0 Å². The highest BCUT2D eigenvalue weighted by atomic mass is 32.3. The Morgan fingerprint density at radius 3 is 2.60 bits per heavy atom. The smallest absolute Gasteiger partial charge is 0.238 e. The second-order valence-electron chi connectivity index (χ2n) is 11.6. The summed E-state index contributed by atoms with van der Waals surface area (Å²) in [5, 5.41) is 14.1. The molecule has 3 aromatic heterocycles. The van der Waals surface area contributed by atoms with Crippen LogP contribution in [0.1, 0.15) is 11.1 Å². The summed E-state index contributed by atoms with van der Waals surface area (Å²) in [6.45, 7) is 0.113. The highest BCUT2D eigenvalue weighted by molar-refractivity contribution is 8.43. The van der Waals surface area contributed by atoms with Crippen LogP contribution in [0.5, 0.6) is 0 Å². The second kappa shape index (κ2) is 10.7. The van der Waals surface area contributed by atoms with Crippen LogP contribution < -0.4 is 26.0 Å². The molecule has 0 bridgehead atoms. The highest BCUT2D eigenvalue weighted by Crippen LogP contribution is 2.58. The molecule has 5 aromatic rings. The fourth-order valence-corrected chi connectivity index (χ4v) is 8.27. The molecule has 0 aliphatic carbocycles. The molecule has 47 heavy (non-hydrogen) atoms. The average Bonchev–Trinajstić information content (AvgIpc) is 3.88. The largest absolute Gasteiger partial charge is 0.360 e. The molecule has 7 heterocycles. The van der Waals surface area contributed by atoms with Gasteiger partial charge in [0.1, 0.15) is 24.4 Å². The van der Waals surface area contributed by atoms with Crippen LogP contribution in [0, 0.1) is 5.82 Å². The van der Waals surface area contributed by atoms with Crippen molar-refractivity contribution in [2.75, 3.05) is 27.3 Å². The number of benzene rings is 2. The topological polar surface area (TPSA) is 135 Å². The van der Waals surface area contributed by atoms with E-state index in [2.05, 4.69) is 59.1 Å². The maximum absolute atomic E-state index is 14.0. The summed E-state index contributed by atoms with van der Waals surface area (Å²) < 4.78 is 23.3. The first-order valence-corrected chi connectivity index (χ1v) is 16.8. The average molecular weight is 643 g/mol. The van der Waals surface area contributed by atoms with Gasteiger partial charge in [0.25, 0.3) is 0 Å². The summed E-state index contributed by atoms with van der Waals surface area (Å²) in [4.78, 5) is 25.8. The van der Waals surface area contributed by atoms with Crippen LogP contribution in [0.3, 0.4) is 0 Å². The van der Waals surface area contributed by atoms with Gasteiger partial charge < -0.3 is 30.2 Å².